The van der Waals surface area contributed by atoms with Gasteiger partial charge < -0.3 is 5.73 Å². The van der Waals surface area contributed by atoms with Gasteiger partial charge in [-0.25, -0.2) is 4.68 Å². The van der Waals surface area contributed by atoms with Gasteiger partial charge in [0, 0.05) is 11.5 Å². The monoisotopic (exact) mass is 251 g/mol. The highest BCUT2D eigenvalue weighted by Gasteiger charge is 2.31. The Morgan fingerprint density at radius 3 is 1.89 bits per heavy atom. The zero-order valence-corrected chi connectivity index (χ0v) is 13.3. The normalized spacial score (nSPS) is 14.0. The Hall–Kier alpha value is -0.990. The van der Waals surface area contributed by atoms with E-state index in [1.165, 1.54) is 0 Å². The number of hydrogen-bond acceptors (Lipinski definition) is 2. The number of nitrogens with two attached hydrogens (primary N) is 1. The predicted molar refractivity (Wildman–Crippen MR) is 78.7 cm³/mol. The number of hydrogen-bond donors (Lipinski definition) is 1. The molecule has 0 fully saturated rings. The van der Waals surface area contributed by atoms with Crippen LogP contribution in [-0.4, -0.2) is 9.78 Å². The van der Waals surface area contributed by atoms with Gasteiger partial charge in [0.15, 0.2) is 0 Å². The van der Waals surface area contributed by atoms with E-state index in [9.17, 15) is 0 Å². The Bertz CT molecular complexity index is 414. The van der Waals surface area contributed by atoms with Crippen LogP contribution in [0.15, 0.2) is 6.07 Å². The molecule has 0 bridgehead atoms. The van der Waals surface area contributed by atoms with Crippen LogP contribution in [0.2, 0.25) is 0 Å². The maximum absolute atomic E-state index is 6.14. The van der Waals surface area contributed by atoms with Crippen LogP contribution in [0.1, 0.15) is 67.5 Å². The molecule has 1 aromatic rings. The molecule has 0 saturated carbocycles. The first-order chi connectivity index (χ1) is 7.83. The highest BCUT2D eigenvalue weighted by Crippen LogP contribution is 2.34. The molecule has 0 atom stereocenters. The van der Waals surface area contributed by atoms with Crippen molar-refractivity contribution in [1.29, 1.82) is 0 Å². The quantitative estimate of drug-likeness (QED) is 0.865. The second-order valence-electron chi connectivity index (χ2n) is 8.17. The third-order valence-electron chi connectivity index (χ3n) is 3.04. The molecule has 0 aromatic carbocycles. The fraction of sp³-hybridized carbons (Fsp3) is 0.800. The van der Waals surface area contributed by atoms with E-state index in [0.29, 0.717) is 0 Å². The molecule has 3 nitrogen and oxygen atoms in total. The molecule has 2 N–H and O–H groups in total. The Balaban J connectivity index is 3.14. The van der Waals surface area contributed by atoms with Gasteiger partial charge in [0.05, 0.1) is 11.2 Å². The molecule has 1 heterocycles. The maximum Gasteiger partial charge on any atom is 0.122 e. The standard InChI is InChI=1S/C15H29N3/c1-13(2,3)10-15(7,8)18-12(16)9-11(17-18)14(4,5)6/h9H,10,16H2,1-8H3. The van der Waals surface area contributed by atoms with Gasteiger partial charge in [0.1, 0.15) is 5.82 Å². The van der Waals surface area contributed by atoms with Crippen molar-refractivity contribution in [2.45, 2.75) is 72.8 Å². The fourth-order valence-corrected chi connectivity index (χ4v) is 2.62. The summed E-state index contributed by atoms with van der Waals surface area (Å²) < 4.78 is 1.98. The van der Waals surface area contributed by atoms with Gasteiger partial charge in [-0.3, -0.25) is 0 Å². The first-order valence-corrected chi connectivity index (χ1v) is 6.69. The minimum atomic E-state index is -0.0637. The van der Waals surface area contributed by atoms with Gasteiger partial charge >= 0.3 is 0 Å². The van der Waals surface area contributed by atoms with E-state index in [2.05, 4.69) is 55.4 Å². The molecule has 1 rings (SSSR count). The van der Waals surface area contributed by atoms with Gasteiger partial charge in [0.25, 0.3) is 0 Å². The lowest BCUT2D eigenvalue weighted by Gasteiger charge is -2.33. The number of aromatic nitrogens is 2. The smallest absolute Gasteiger partial charge is 0.122 e. The van der Waals surface area contributed by atoms with Crippen LogP contribution in [0.25, 0.3) is 0 Å². The molecule has 3 heteroatoms. The van der Waals surface area contributed by atoms with E-state index in [4.69, 9.17) is 10.8 Å². The van der Waals surface area contributed by atoms with Crippen molar-refractivity contribution in [2.75, 3.05) is 5.73 Å². The zero-order valence-electron chi connectivity index (χ0n) is 13.3. The van der Waals surface area contributed by atoms with Gasteiger partial charge in [-0.05, 0) is 25.7 Å². The first-order valence-electron chi connectivity index (χ1n) is 6.69. The van der Waals surface area contributed by atoms with Gasteiger partial charge in [0.2, 0.25) is 0 Å². The summed E-state index contributed by atoms with van der Waals surface area (Å²) in [6.07, 6.45) is 1.04. The first kappa shape index (κ1) is 15.1. The number of rotatable bonds is 2. The van der Waals surface area contributed by atoms with Crippen LogP contribution < -0.4 is 5.73 Å². The van der Waals surface area contributed by atoms with Gasteiger partial charge in [-0.1, -0.05) is 41.5 Å². The largest absolute Gasteiger partial charge is 0.384 e. The van der Waals surface area contributed by atoms with Crippen molar-refractivity contribution >= 4 is 5.82 Å². The lowest BCUT2D eigenvalue weighted by molar-refractivity contribution is 0.199. The minimum Gasteiger partial charge on any atom is -0.384 e. The summed E-state index contributed by atoms with van der Waals surface area (Å²) in [6.45, 7) is 17.6. The molecule has 0 saturated heterocycles. The molecular weight excluding hydrogens is 222 g/mol. The highest BCUT2D eigenvalue weighted by molar-refractivity contribution is 5.34. The average molecular weight is 251 g/mol. The highest BCUT2D eigenvalue weighted by atomic mass is 15.4. The predicted octanol–water partition coefficient (Wildman–Crippen LogP) is 3.93. The summed E-state index contributed by atoms with van der Waals surface area (Å²) in [7, 11) is 0. The van der Waals surface area contributed by atoms with E-state index in [1.807, 2.05) is 10.7 Å². The van der Waals surface area contributed by atoms with E-state index in [-0.39, 0.29) is 16.4 Å². The topological polar surface area (TPSA) is 43.8 Å². The van der Waals surface area contributed by atoms with E-state index < -0.39 is 0 Å². The molecule has 0 unspecified atom stereocenters. The molecule has 1 aromatic heterocycles. The Labute approximate surface area is 112 Å². The summed E-state index contributed by atoms with van der Waals surface area (Å²) in [5, 5.41) is 4.73. The third kappa shape index (κ3) is 3.50. The van der Waals surface area contributed by atoms with Gasteiger partial charge in [-0.15, -0.1) is 0 Å². The van der Waals surface area contributed by atoms with Crippen molar-refractivity contribution in [3.63, 3.8) is 0 Å². The average Bonchev–Trinajstić information content (AvgIpc) is 2.41. The maximum atomic E-state index is 6.14. The Morgan fingerprint density at radius 2 is 1.56 bits per heavy atom. The summed E-state index contributed by atoms with van der Waals surface area (Å²) in [4.78, 5) is 0. The van der Waals surface area contributed by atoms with Crippen molar-refractivity contribution < 1.29 is 0 Å². The van der Waals surface area contributed by atoms with Crippen LogP contribution in [0.3, 0.4) is 0 Å². The third-order valence-corrected chi connectivity index (χ3v) is 3.04. The fourth-order valence-electron chi connectivity index (χ4n) is 2.62. The molecular formula is C15H29N3. The van der Waals surface area contributed by atoms with Crippen molar-refractivity contribution in [2.24, 2.45) is 5.41 Å². The second kappa shape index (κ2) is 4.29. The van der Waals surface area contributed by atoms with Crippen molar-refractivity contribution in [3.05, 3.63) is 11.8 Å². The summed E-state index contributed by atoms with van der Waals surface area (Å²) in [5.74, 6) is 0.758. The van der Waals surface area contributed by atoms with Crippen LogP contribution >= 0.6 is 0 Å². The summed E-state index contributed by atoms with van der Waals surface area (Å²) in [5.41, 5.74) is 7.43. The minimum absolute atomic E-state index is 0.0389. The lowest BCUT2D eigenvalue weighted by atomic mass is 9.82. The number of nitrogens with zero attached hydrogens (tertiary/aromatic N) is 2. The van der Waals surface area contributed by atoms with E-state index >= 15 is 0 Å². The molecule has 104 valence electrons. The molecule has 0 radical (unpaired) electrons. The molecule has 0 amide bonds. The Morgan fingerprint density at radius 1 is 1.06 bits per heavy atom. The lowest BCUT2D eigenvalue weighted by Crippen LogP contribution is -2.33. The zero-order chi connectivity index (χ0) is 14.4. The molecule has 0 spiro atoms. The molecule has 0 aliphatic carbocycles. The van der Waals surface area contributed by atoms with Gasteiger partial charge in [-0.2, -0.15) is 5.10 Å². The Kier molecular flexibility index (Phi) is 3.59. The van der Waals surface area contributed by atoms with Crippen molar-refractivity contribution in [3.8, 4) is 0 Å². The second-order valence-corrected chi connectivity index (χ2v) is 8.17. The number of anilines is 1. The van der Waals surface area contributed by atoms with Crippen LogP contribution in [-0.2, 0) is 11.0 Å². The molecule has 0 aliphatic heterocycles. The van der Waals surface area contributed by atoms with E-state index in [1.54, 1.807) is 0 Å². The summed E-state index contributed by atoms with van der Waals surface area (Å²) in [6, 6.07) is 2.00. The van der Waals surface area contributed by atoms with Crippen LogP contribution in [0.4, 0.5) is 5.82 Å². The van der Waals surface area contributed by atoms with Crippen LogP contribution in [0.5, 0.6) is 0 Å². The SMILES string of the molecule is CC(C)(C)CC(C)(C)n1nc(C(C)(C)C)cc1N. The van der Waals surface area contributed by atoms with E-state index in [0.717, 1.165) is 17.9 Å². The number of nitrogen functional groups attached to an aromatic ring is 1. The van der Waals surface area contributed by atoms with Crippen LogP contribution in [0, 0.1) is 5.41 Å². The molecule has 0 aliphatic rings. The summed E-state index contributed by atoms with van der Waals surface area (Å²) >= 11 is 0. The molecule has 18 heavy (non-hydrogen) atoms. The van der Waals surface area contributed by atoms with Crippen molar-refractivity contribution in [1.82, 2.24) is 9.78 Å².